The number of nitrogens with zero attached hydrogens (tertiary/aromatic N) is 3. The lowest BCUT2D eigenvalue weighted by Gasteiger charge is -2.38. The van der Waals surface area contributed by atoms with Gasteiger partial charge in [0.15, 0.2) is 11.5 Å². The predicted octanol–water partition coefficient (Wildman–Crippen LogP) is 3.74. The van der Waals surface area contributed by atoms with Crippen molar-refractivity contribution in [2.75, 3.05) is 13.3 Å². The van der Waals surface area contributed by atoms with Gasteiger partial charge in [0.2, 0.25) is 6.79 Å². The quantitative estimate of drug-likeness (QED) is 0.814. The molecule has 1 saturated heterocycles. The zero-order valence-electron chi connectivity index (χ0n) is 15.5. The minimum atomic E-state index is 0.0496. The molecule has 5 rings (SSSR count). The van der Waals surface area contributed by atoms with Crippen molar-refractivity contribution in [2.24, 2.45) is 13.0 Å². The normalized spacial score (nSPS) is 21.0. The van der Waals surface area contributed by atoms with Crippen LogP contribution in [0.25, 0.3) is 11.3 Å². The van der Waals surface area contributed by atoms with Crippen LogP contribution in [0.15, 0.2) is 36.2 Å². The van der Waals surface area contributed by atoms with E-state index in [0.717, 1.165) is 36.4 Å². The SMILES string of the molecule is Cn1ncc(C(=O)N2CCCC3CCCC=C32)c1-c1ccc2c(c1)OCO2. The number of ether oxygens (including phenoxy) is 2. The van der Waals surface area contributed by atoms with Crippen LogP contribution in [-0.4, -0.2) is 33.9 Å². The van der Waals surface area contributed by atoms with Gasteiger partial charge in [0.1, 0.15) is 0 Å². The summed E-state index contributed by atoms with van der Waals surface area (Å²) in [6.07, 6.45) is 9.70. The third kappa shape index (κ3) is 2.71. The lowest BCUT2D eigenvalue weighted by Crippen LogP contribution is -2.39. The maximum absolute atomic E-state index is 13.5. The van der Waals surface area contributed by atoms with E-state index in [9.17, 15) is 4.79 Å². The molecular formula is C21H23N3O3. The van der Waals surface area contributed by atoms with Crippen molar-refractivity contribution >= 4 is 5.91 Å². The molecule has 1 amide bonds. The molecule has 3 heterocycles. The second kappa shape index (κ2) is 6.44. The summed E-state index contributed by atoms with van der Waals surface area (Å²) in [5, 5.41) is 4.38. The first-order chi connectivity index (χ1) is 13.2. The number of fused-ring (bicyclic) bond motifs is 2. The fourth-order valence-corrected chi connectivity index (χ4v) is 4.52. The van der Waals surface area contributed by atoms with Crippen LogP contribution in [0, 0.1) is 5.92 Å². The maximum atomic E-state index is 13.5. The molecule has 27 heavy (non-hydrogen) atoms. The summed E-state index contributed by atoms with van der Waals surface area (Å²) in [5.74, 6) is 2.02. The van der Waals surface area contributed by atoms with Gasteiger partial charge in [-0.3, -0.25) is 9.48 Å². The van der Waals surface area contributed by atoms with Gasteiger partial charge in [0, 0.05) is 24.9 Å². The van der Waals surface area contributed by atoms with Gasteiger partial charge in [0.25, 0.3) is 5.91 Å². The molecule has 0 spiro atoms. The standard InChI is InChI=1S/C21H23N3O3/c1-23-20(15-8-9-18-19(11-15)27-13-26-18)16(12-22-23)21(25)24-10-4-6-14-5-2-3-7-17(14)24/h7-9,11-12,14H,2-6,10,13H2,1H3. The summed E-state index contributed by atoms with van der Waals surface area (Å²) in [5.41, 5.74) is 3.59. The van der Waals surface area contributed by atoms with Crippen LogP contribution in [-0.2, 0) is 7.05 Å². The van der Waals surface area contributed by atoms with E-state index in [-0.39, 0.29) is 12.7 Å². The molecule has 2 aromatic rings. The van der Waals surface area contributed by atoms with E-state index in [4.69, 9.17) is 9.47 Å². The summed E-state index contributed by atoms with van der Waals surface area (Å²) in [6, 6.07) is 5.77. The number of hydrogen-bond donors (Lipinski definition) is 0. The average molecular weight is 365 g/mol. The third-order valence-corrected chi connectivity index (χ3v) is 5.83. The topological polar surface area (TPSA) is 56.6 Å². The summed E-state index contributed by atoms with van der Waals surface area (Å²) < 4.78 is 12.7. The van der Waals surface area contributed by atoms with Crippen LogP contribution in [0.1, 0.15) is 42.5 Å². The van der Waals surface area contributed by atoms with Gasteiger partial charge in [-0.1, -0.05) is 6.08 Å². The highest BCUT2D eigenvalue weighted by atomic mass is 16.7. The van der Waals surface area contributed by atoms with E-state index >= 15 is 0 Å². The Hall–Kier alpha value is -2.76. The molecule has 1 aliphatic carbocycles. The van der Waals surface area contributed by atoms with Crippen molar-refractivity contribution < 1.29 is 14.3 Å². The van der Waals surface area contributed by atoms with E-state index in [1.54, 1.807) is 10.9 Å². The van der Waals surface area contributed by atoms with Gasteiger partial charge in [-0.05, 0) is 56.2 Å². The Bertz CT molecular complexity index is 931. The molecule has 1 aromatic carbocycles. The van der Waals surface area contributed by atoms with E-state index in [1.165, 1.54) is 25.0 Å². The monoisotopic (exact) mass is 365 g/mol. The Balaban J connectivity index is 1.53. The molecule has 3 aliphatic rings. The van der Waals surface area contributed by atoms with Crippen molar-refractivity contribution in [3.8, 4) is 22.8 Å². The number of carbonyl (C=O) groups excluding carboxylic acids is 1. The largest absolute Gasteiger partial charge is 0.454 e. The Morgan fingerprint density at radius 2 is 2.04 bits per heavy atom. The summed E-state index contributed by atoms with van der Waals surface area (Å²) >= 11 is 0. The van der Waals surface area contributed by atoms with Gasteiger partial charge < -0.3 is 14.4 Å². The molecule has 0 saturated carbocycles. The Morgan fingerprint density at radius 3 is 2.96 bits per heavy atom. The number of benzene rings is 1. The van der Waals surface area contributed by atoms with Crippen molar-refractivity contribution in [1.29, 1.82) is 0 Å². The molecule has 0 N–H and O–H groups in total. The zero-order valence-corrected chi connectivity index (χ0v) is 15.5. The molecule has 1 fully saturated rings. The molecule has 1 atom stereocenters. The first-order valence-electron chi connectivity index (χ1n) is 9.66. The average Bonchev–Trinajstić information content (AvgIpc) is 3.32. The summed E-state index contributed by atoms with van der Waals surface area (Å²) in [6.45, 7) is 1.02. The number of hydrogen-bond acceptors (Lipinski definition) is 4. The second-order valence-corrected chi connectivity index (χ2v) is 7.45. The van der Waals surface area contributed by atoms with Crippen molar-refractivity contribution in [1.82, 2.24) is 14.7 Å². The minimum absolute atomic E-state index is 0.0496. The fourth-order valence-electron chi connectivity index (χ4n) is 4.52. The number of aromatic nitrogens is 2. The molecule has 140 valence electrons. The number of piperidine rings is 1. The first-order valence-corrected chi connectivity index (χ1v) is 9.66. The highest BCUT2D eigenvalue weighted by Gasteiger charge is 2.33. The van der Waals surface area contributed by atoms with Crippen LogP contribution in [0.4, 0.5) is 0 Å². The number of allylic oxidation sites excluding steroid dienone is 2. The lowest BCUT2D eigenvalue weighted by atomic mass is 9.84. The lowest BCUT2D eigenvalue weighted by molar-refractivity contribution is 0.0749. The molecule has 6 heteroatoms. The molecule has 2 aliphatic heterocycles. The van der Waals surface area contributed by atoms with Crippen molar-refractivity contribution in [3.05, 3.63) is 41.7 Å². The summed E-state index contributed by atoms with van der Waals surface area (Å²) in [7, 11) is 1.87. The first kappa shape index (κ1) is 16.4. The Labute approximate surface area is 158 Å². The fraction of sp³-hybridized carbons (Fsp3) is 0.429. The van der Waals surface area contributed by atoms with E-state index in [1.807, 2.05) is 30.1 Å². The smallest absolute Gasteiger partial charge is 0.261 e. The number of carbonyl (C=O) groups is 1. The Kier molecular flexibility index (Phi) is 3.92. The molecule has 1 unspecified atom stereocenters. The van der Waals surface area contributed by atoms with Crippen LogP contribution in [0.3, 0.4) is 0 Å². The molecule has 6 nitrogen and oxygen atoms in total. The molecule has 0 bridgehead atoms. The van der Waals surface area contributed by atoms with Gasteiger partial charge in [-0.2, -0.15) is 5.10 Å². The number of likely N-dealkylation sites (tertiary alicyclic amines) is 1. The van der Waals surface area contributed by atoms with Crippen LogP contribution in [0.5, 0.6) is 11.5 Å². The third-order valence-electron chi connectivity index (χ3n) is 5.83. The summed E-state index contributed by atoms with van der Waals surface area (Å²) in [4.78, 5) is 15.5. The van der Waals surface area contributed by atoms with Crippen molar-refractivity contribution in [2.45, 2.75) is 32.1 Å². The molecule has 1 aromatic heterocycles. The maximum Gasteiger partial charge on any atom is 0.261 e. The number of rotatable bonds is 2. The van der Waals surface area contributed by atoms with Crippen molar-refractivity contribution in [3.63, 3.8) is 0 Å². The number of aryl methyl sites for hydroxylation is 1. The minimum Gasteiger partial charge on any atom is -0.454 e. The zero-order chi connectivity index (χ0) is 18.4. The van der Waals surface area contributed by atoms with Gasteiger partial charge in [0.05, 0.1) is 17.5 Å². The van der Waals surface area contributed by atoms with Gasteiger partial charge in [-0.25, -0.2) is 0 Å². The molecule has 0 radical (unpaired) electrons. The molecular weight excluding hydrogens is 342 g/mol. The van der Waals surface area contributed by atoms with Crippen LogP contribution < -0.4 is 9.47 Å². The highest BCUT2D eigenvalue weighted by Crippen LogP contribution is 2.39. The predicted molar refractivity (Wildman–Crippen MR) is 100 cm³/mol. The van der Waals surface area contributed by atoms with Gasteiger partial charge in [-0.15, -0.1) is 0 Å². The van der Waals surface area contributed by atoms with E-state index < -0.39 is 0 Å². The highest BCUT2D eigenvalue weighted by molar-refractivity contribution is 6.01. The van der Waals surface area contributed by atoms with E-state index in [2.05, 4.69) is 11.2 Å². The van der Waals surface area contributed by atoms with Crippen LogP contribution >= 0.6 is 0 Å². The van der Waals surface area contributed by atoms with Crippen LogP contribution in [0.2, 0.25) is 0 Å². The number of amides is 1. The Morgan fingerprint density at radius 1 is 1.19 bits per heavy atom. The second-order valence-electron chi connectivity index (χ2n) is 7.45. The van der Waals surface area contributed by atoms with Gasteiger partial charge >= 0.3 is 0 Å². The van der Waals surface area contributed by atoms with E-state index in [0.29, 0.717) is 17.2 Å².